The molecule has 0 bridgehead atoms. The third kappa shape index (κ3) is 13.1. The smallest absolute Gasteiger partial charge is 0.000136 e. The molecule has 0 heteroatoms. The van der Waals surface area contributed by atoms with Crippen molar-refractivity contribution in [1.29, 1.82) is 0 Å². The van der Waals surface area contributed by atoms with Gasteiger partial charge in [-0.05, 0) is 45.6 Å². The fraction of sp³-hybridized carbons (Fsp3) is 0.514. The molecular formula is C37H56. The summed E-state index contributed by atoms with van der Waals surface area (Å²) in [6.45, 7) is 27.0. The Labute approximate surface area is 231 Å². The van der Waals surface area contributed by atoms with E-state index in [0.29, 0.717) is 27.6 Å². The van der Waals surface area contributed by atoms with Crippen LogP contribution in [0.5, 0.6) is 0 Å². The highest BCUT2D eigenvalue weighted by Crippen LogP contribution is 2.31. The predicted molar refractivity (Wildman–Crippen MR) is 169 cm³/mol. The molecule has 0 nitrogen and oxygen atoms in total. The van der Waals surface area contributed by atoms with Gasteiger partial charge >= 0.3 is 0 Å². The van der Waals surface area contributed by atoms with Crippen molar-refractivity contribution in [1.82, 2.24) is 0 Å². The second-order valence-corrected chi connectivity index (χ2v) is 14.4. The highest BCUT2D eigenvalue weighted by atomic mass is 14.2. The van der Waals surface area contributed by atoms with E-state index in [4.69, 9.17) is 0 Å². The van der Waals surface area contributed by atoms with Crippen LogP contribution in [0.3, 0.4) is 0 Å². The number of hydrogen-bond acceptors (Lipinski definition) is 0. The minimum atomic E-state index is 0.293. The molecule has 4 rings (SSSR count). The van der Waals surface area contributed by atoms with Gasteiger partial charge in [0.25, 0.3) is 0 Å². The Morgan fingerprint density at radius 3 is 1.43 bits per heavy atom. The van der Waals surface area contributed by atoms with Crippen LogP contribution in [-0.4, -0.2) is 0 Å². The zero-order valence-electron chi connectivity index (χ0n) is 26.2. The average molecular weight is 501 g/mol. The van der Waals surface area contributed by atoms with Crippen molar-refractivity contribution in [3.63, 3.8) is 0 Å². The van der Waals surface area contributed by atoms with Crippen LogP contribution in [0, 0.1) is 22.2 Å². The van der Waals surface area contributed by atoms with E-state index in [1.165, 1.54) is 11.1 Å². The summed E-state index contributed by atoms with van der Waals surface area (Å²) < 4.78 is 0. The molecular weight excluding hydrogens is 444 g/mol. The molecule has 0 aromatic heterocycles. The zero-order valence-corrected chi connectivity index (χ0v) is 26.2. The van der Waals surface area contributed by atoms with Gasteiger partial charge in [0.2, 0.25) is 0 Å². The van der Waals surface area contributed by atoms with Crippen LogP contribution in [0.4, 0.5) is 0 Å². The van der Waals surface area contributed by atoms with Gasteiger partial charge in [-0.25, -0.2) is 0 Å². The molecule has 0 radical (unpaired) electrons. The maximum absolute atomic E-state index is 2.29. The molecule has 0 unspecified atom stereocenters. The van der Waals surface area contributed by atoms with E-state index in [2.05, 4.69) is 174 Å². The first kappa shape index (κ1) is 32.7. The van der Waals surface area contributed by atoms with Gasteiger partial charge in [0.15, 0.2) is 0 Å². The lowest BCUT2D eigenvalue weighted by Crippen LogP contribution is -2.14. The number of benzene rings is 1. The zero-order chi connectivity index (χ0) is 28.3. The largest absolute Gasteiger partial charge is 0.0804 e. The molecule has 1 aromatic carbocycles. The van der Waals surface area contributed by atoms with E-state index in [9.17, 15) is 0 Å². The molecule has 0 heterocycles. The second-order valence-electron chi connectivity index (χ2n) is 14.4. The van der Waals surface area contributed by atoms with Gasteiger partial charge in [0.1, 0.15) is 0 Å². The quantitative estimate of drug-likeness (QED) is 0.332. The summed E-state index contributed by atoms with van der Waals surface area (Å²) in [7, 11) is 0. The number of hydrogen-bond donors (Lipinski definition) is 0. The third-order valence-corrected chi connectivity index (χ3v) is 6.76. The van der Waals surface area contributed by atoms with Crippen LogP contribution < -0.4 is 0 Å². The van der Waals surface area contributed by atoms with Crippen molar-refractivity contribution >= 4 is 0 Å². The highest BCUT2D eigenvalue weighted by molar-refractivity contribution is 5.30. The summed E-state index contributed by atoms with van der Waals surface area (Å²) in [6.07, 6.45) is 24.3. The Morgan fingerprint density at radius 2 is 1.19 bits per heavy atom. The maximum atomic E-state index is 2.29. The molecule has 0 aliphatic heterocycles. The Hall–Kier alpha value is -2.34. The normalized spacial score (nSPS) is 16.8. The fourth-order valence-corrected chi connectivity index (χ4v) is 3.97. The van der Waals surface area contributed by atoms with Gasteiger partial charge in [-0.3, -0.25) is 0 Å². The molecule has 3 aliphatic carbocycles. The molecule has 0 N–H and O–H groups in total. The molecule has 0 amide bonds. The Kier molecular flexibility index (Phi) is 12.4. The topological polar surface area (TPSA) is 0 Å². The van der Waals surface area contributed by atoms with Gasteiger partial charge < -0.3 is 0 Å². The molecule has 0 saturated heterocycles. The summed E-state index contributed by atoms with van der Waals surface area (Å²) >= 11 is 0. The van der Waals surface area contributed by atoms with Crippen LogP contribution in [0.15, 0.2) is 102 Å². The fourth-order valence-electron chi connectivity index (χ4n) is 3.97. The van der Waals surface area contributed by atoms with E-state index in [0.717, 1.165) is 12.8 Å². The number of rotatable bonds is 0. The first-order valence-corrected chi connectivity index (χ1v) is 14.1. The minimum Gasteiger partial charge on any atom is -0.0804 e. The molecule has 204 valence electrons. The first-order chi connectivity index (χ1) is 16.9. The summed E-state index contributed by atoms with van der Waals surface area (Å²) in [5, 5.41) is 0. The van der Waals surface area contributed by atoms with Crippen molar-refractivity contribution in [2.75, 3.05) is 0 Å². The molecule has 0 saturated carbocycles. The monoisotopic (exact) mass is 500 g/mol. The molecule has 37 heavy (non-hydrogen) atoms. The maximum Gasteiger partial charge on any atom is 0.000136 e. The van der Waals surface area contributed by atoms with Crippen LogP contribution in [0.2, 0.25) is 0 Å². The third-order valence-electron chi connectivity index (χ3n) is 6.76. The molecule has 3 aliphatic rings. The molecule has 0 fully saturated rings. The van der Waals surface area contributed by atoms with Crippen molar-refractivity contribution in [2.24, 2.45) is 22.2 Å². The average Bonchev–Trinajstić information content (AvgIpc) is 3.58. The summed E-state index contributed by atoms with van der Waals surface area (Å²) in [4.78, 5) is 0. The van der Waals surface area contributed by atoms with Gasteiger partial charge in [-0.2, -0.15) is 0 Å². The van der Waals surface area contributed by atoms with Gasteiger partial charge in [-0.1, -0.05) is 180 Å². The second kappa shape index (κ2) is 14.0. The Bertz CT molecular complexity index is 963. The lowest BCUT2D eigenvalue weighted by atomic mass is 9.82. The summed E-state index contributed by atoms with van der Waals surface area (Å²) in [5.41, 5.74) is 5.85. The SMILES string of the molecule is CC(C)(C)C1=CC=CC1.CC(C)(C)C1=CCC=C1.CC(C)(C)C1C=CC=C1.CC(C)(C)c1ccccc1. The predicted octanol–water partition coefficient (Wildman–Crippen LogP) is 11.6. The van der Waals surface area contributed by atoms with Gasteiger partial charge in [0.05, 0.1) is 0 Å². The van der Waals surface area contributed by atoms with E-state index >= 15 is 0 Å². The van der Waals surface area contributed by atoms with Crippen molar-refractivity contribution in [3.8, 4) is 0 Å². The van der Waals surface area contributed by atoms with Crippen LogP contribution in [-0.2, 0) is 5.41 Å². The lowest BCUT2D eigenvalue weighted by Gasteiger charge is -2.23. The van der Waals surface area contributed by atoms with Gasteiger partial charge in [-0.15, -0.1) is 0 Å². The number of allylic oxidation sites excluding steroid dienone is 12. The van der Waals surface area contributed by atoms with Crippen molar-refractivity contribution in [2.45, 2.75) is 101 Å². The Morgan fingerprint density at radius 1 is 0.622 bits per heavy atom. The van der Waals surface area contributed by atoms with Crippen LogP contribution in [0.1, 0.15) is 101 Å². The highest BCUT2D eigenvalue weighted by Gasteiger charge is 2.20. The van der Waals surface area contributed by atoms with Crippen LogP contribution in [0.25, 0.3) is 0 Å². The van der Waals surface area contributed by atoms with E-state index < -0.39 is 0 Å². The van der Waals surface area contributed by atoms with E-state index in [1.54, 1.807) is 5.57 Å². The standard InChI is InChI=1S/C10H14.3C9H14/c1-10(2,3)9-7-5-4-6-8-9;3*1-9(2,3)8-6-4-5-7-8/h4-8H,1-3H3;4,6-7H,5H2,1-3H3;4-6H,7H2,1-3H3;4-8H,1-3H3. The van der Waals surface area contributed by atoms with Crippen molar-refractivity contribution in [3.05, 3.63) is 108 Å². The summed E-state index contributed by atoms with van der Waals surface area (Å²) in [6, 6.07) is 10.6. The summed E-state index contributed by atoms with van der Waals surface area (Å²) in [5.74, 6) is 0.650. The van der Waals surface area contributed by atoms with Crippen molar-refractivity contribution < 1.29 is 0 Å². The molecule has 1 aromatic rings. The lowest BCUT2D eigenvalue weighted by molar-refractivity contribution is 0.346. The van der Waals surface area contributed by atoms with E-state index in [1.807, 2.05) is 0 Å². The van der Waals surface area contributed by atoms with Crippen LogP contribution >= 0.6 is 0 Å². The molecule has 0 spiro atoms. The van der Waals surface area contributed by atoms with Gasteiger partial charge in [0, 0.05) is 5.92 Å². The molecule has 0 atom stereocenters. The van der Waals surface area contributed by atoms with E-state index in [-0.39, 0.29) is 0 Å². The first-order valence-electron chi connectivity index (χ1n) is 14.1. The minimum absolute atomic E-state index is 0.293. The Balaban J connectivity index is 0.000000247.